The molecule has 1 saturated carbocycles. The Kier molecular flexibility index (Phi) is 4.20. The summed E-state index contributed by atoms with van der Waals surface area (Å²) in [5, 5.41) is 16.6. The van der Waals surface area contributed by atoms with Crippen LogP contribution in [0, 0.1) is 17.8 Å². The second-order valence-corrected chi connectivity index (χ2v) is 8.52. The van der Waals surface area contributed by atoms with Gasteiger partial charge in [0.1, 0.15) is 0 Å². The van der Waals surface area contributed by atoms with Crippen molar-refractivity contribution < 1.29 is 9.90 Å². The number of carbonyl (C=O) groups excluding carboxylic acids is 1. The molecule has 2 fully saturated rings. The summed E-state index contributed by atoms with van der Waals surface area (Å²) in [6, 6.07) is 3.68. The maximum Gasteiger partial charge on any atom is 0.258 e. The molecule has 0 radical (unpaired) electrons. The lowest BCUT2D eigenvalue weighted by Gasteiger charge is -2.28. The van der Waals surface area contributed by atoms with Gasteiger partial charge in [0.15, 0.2) is 0 Å². The lowest BCUT2D eigenvalue weighted by Crippen LogP contribution is -2.44. The van der Waals surface area contributed by atoms with E-state index in [1.54, 1.807) is 0 Å². The molecule has 0 unspecified atom stereocenters. The van der Waals surface area contributed by atoms with Crippen LogP contribution in [0.1, 0.15) is 49.4 Å². The van der Waals surface area contributed by atoms with Gasteiger partial charge >= 0.3 is 0 Å². The first kappa shape index (κ1) is 17.2. The molecular formula is C21H27N3O3. The zero-order valence-corrected chi connectivity index (χ0v) is 15.5. The van der Waals surface area contributed by atoms with Crippen LogP contribution in [0.3, 0.4) is 0 Å². The first-order valence-corrected chi connectivity index (χ1v) is 10.2. The molecule has 2 bridgehead atoms. The molecule has 0 aromatic carbocycles. The van der Waals surface area contributed by atoms with Gasteiger partial charge in [-0.15, -0.1) is 0 Å². The van der Waals surface area contributed by atoms with Crippen molar-refractivity contribution >= 4 is 11.5 Å². The molecule has 3 heterocycles. The molecule has 3 N–H and O–H groups in total. The zero-order valence-electron chi connectivity index (χ0n) is 15.5. The van der Waals surface area contributed by atoms with E-state index in [4.69, 9.17) is 0 Å². The van der Waals surface area contributed by atoms with Gasteiger partial charge in [0.2, 0.25) is 5.91 Å². The molecule has 4 atom stereocenters. The van der Waals surface area contributed by atoms with E-state index in [1.165, 1.54) is 12.8 Å². The van der Waals surface area contributed by atoms with Crippen LogP contribution < -0.4 is 16.2 Å². The molecule has 4 aliphatic rings. The molecule has 2 aliphatic heterocycles. The Balaban J connectivity index is 1.48. The number of carbonyl (C=O) groups is 1. The van der Waals surface area contributed by atoms with Crippen LogP contribution in [-0.4, -0.2) is 34.8 Å². The molecule has 144 valence electrons. The van der Waals surface area contributed by atoms with E-state index in [9.17, 15) is 14.7 Å². The number of allylic oxidation sites excluding steroid dienone is 2. The number of fused-ring (bicyclic) bond motifs is 4. The second-order valence-electron chi connectivity index (χ2n) is 8.52. The van der Waals surface area contributed by atoms with Crippen LogP contribution in [0.4, 0.5) is 0 Å². The molecule has 1 aromatic rings. The molecule has 1 saturated heterocycles. The van der Waals surface area contributed by atoms with Crippen LogP contribution >= 0.6 is 0 Å². The van der Waals surface area contributed by atoms with Crippen LogP contribution in [-0.2, 0) is 11.3 Å². The topological polar surface area (TPSA) is 83.4 Å². The largest absolute Gasteiger partial charge is 0.396 e. The van der Waals surface area contributed by atoms with Crippen molar-refractivity contribution in [3.8, 4) is 0 Å². The third-order valence-corrected chi connectivity index (χ3v) is 6.80. The first-order valence-electron chi connectivity index (χ1n) is 10.2. The Hall–Kier alpha value is -1.92. The quantitative estimate of drug-likeness (QED) is 0.728. The number of aromatic nitrogens is 1. The van der Waals surface area contributed by atoms with E-state index < -0.39 is 0 Å². The van der Waals surface area contributed by atoms with E-state index in [1.807, 2.05) is 16.7 Å². The van der Waals surface area contributed by atoms with Gasteiger partial charge < -0.3 is 20.3 Å². The molecule has 1 aromatic heterocycles. The predicted octanol–water partition coefficient (Wildman–Crippen LogP) is 1.19. The fourth-order valence-corrected chi connectivity index (χ4v) is 5.09. The summed E-state index contributed by atoms with van der Waals surface area (Å²) in [5.41, 5.74) is 2.88. The van der Waals surface area contributed by atoms with E-state index in [0.717, 1.165) is 42.6 Å². The van der Waals surface area contributed by atoms with Crippen molar-refractivity contribution in [1.29, 1.82) is 0 Å². The number of aliphatic hydroxyl groups is 1. The number of amides is 1. The minimum atomic E-state index is -0.330. The molecule has 6 nitrogen and oxygen atoms in total. The molecule has 27 heavy (non-hydrogen) atoms. The summed E-state index contributed by atoms with van der Waals surface area (Å²) in [7, 11) is 0. The maximum atomic E-state index is 13.1. The Morgan fingerprint density at radius 3 is 2.89 bits per heavy atom. The molecule has 2 aliphatic carbocycles. The smallest absolute Gasteiger partial charge is 0.258 e. The van der Waals surface area contributed by atoms with Crippen LogP contribution in [0.2, 0.25) is 0 Å². The highest BCUT2D eigenvalue weighted by molar-refractivity contribution is 5.80. The lowest BCUT2D eigenvalue weighted by atomic mass is 9.86. The summed E-state index contributed by atoms with van der Waals surface area (Å²) in [5.74, 6) is 0.128. The number of pyridine rings is 1. The number of nitrogens with zero attached hydrogens (tertiary/aromatic N) is 1. The Bertz CT molecular complexity index is 855. The maximum absolute atomic E-state index is 13.1. The third kappa shape index (κ3) is 2.86. The number of hydrogen-bond donors (Lipinski definition) is 3. The highest BCUT2D eigenvalue weighted by atomic mass is 16.3. The molecule has 0 spiro atoms. The average molecular weight is 369 g/mol. The van der Waals surface area contributed by atoms with Gasteiger partial charge in [-0.1, -0.05) is 6.08 Å². The fraction of sp³-hybridized carbons (Fsp3) is 0.619. The van der Waals surface area contributed by atoms with E-state index in [-0.39, 0.29) is 42.0 Å². The number of hydrogen-bond acceptors (Lipinski definition) is 4. The Morgan fingerprint density at radius 1 is 1.33 bits per heavy atom. The Labute approximate surface area is 158 Å². The first-order chi connectivity index (χ1) is 13.2. The number of aliphatic hydroxyl groups excluding tert-OH is 1. The van der Waals surface area contributed by atoms with Gasteiger partial charge in [0.25, 0.3) is 5.56 Å². The normalized spacial score (nSPS) is 31.5. The molecule has 6 heteroatoms. The van der Waals surface area contributed by atoms with E-state index in [0.29, 0.717) is 12.5 Å². The standard InChI is InChI=1S/C21H27N3O3/c25-11-15-16-10-24-17(8-7-14(21(24)27)13-3-1-2-4-13)19(23-16)18(15)20(26)22-9-12-5-6-12/h3,7-8,12,15-16,18-19,23,25H,1-2,4-6,9-11H2,(H,22,26)/t15-,16-,18+,19+/m1/s1. The SMILES string of the molecule is O=C(NCC1CC1)[C@H]1[C@H](CO)[C@H]2Cn3c(ccc(C4=CCCC4)c3=O)[C@@H]1N2. The van der Waals surface area contributed by atoms with Crippen molar-refractivity contribution in [3.05, 3.63) is 39.8 Å². The summed E-state index contributed by atoms with van der Waals surface area (Å²) in [6.45, 7) is 1.20. The summed E-state index contributed by atoms with van der Waals surface area (Å²) in [6.07, 6.45) is 7.67. The van der Waals surface area contributed by atoms with Crippen molar-refractivity contribution in [2.45, 2.75) is 50.7 Å². The van der Waals surface area contributed by atoms with Gasteiger partial charge in [0.05, 0.1) is 12.0 Å². The van der Waals surface area contributed by atoms with Crippen molar-refractivity contribution in [1.82, 2.24) is 15.2 Å². The average Bonchev–Trinajstić information content (AvgIpc) is 3.25. The van der Waals surface area contributed by atoms with Gasteiger partial charge in [-0.05, 0) is 55.7 Å². The summed E-state index contributed by atoms with van der Waals surface area (Å²) in [4.78, 5) is 26.0. The van der Waals surface area contributed by atoms with Crippen LogP contribution in [0.15, 0.2) is 23.0 Å². The predicted molar refractivity (Wildman–Crippen MR) is 102 cm³/mol. The molecular weight excluding hydrogens is 342 g/mol. The lowest BCUT2D eigenvalue weighted by molar-refractivity contribution is -0.127. The highest BCUT2D eigenvalue weighted by Crippen LogP contribution is 2.41. The van der Waals surface area contributed by atoms with Gasteiger partial charge in [0, 0.05) is 42.9 Å². The highest BCUT2D eigenvalue weighted by Gasteiger charge is 2.50. The van der Waals surface area contributed by atoms with Crippen molar-refractivity contribution in [2.24, 2.45) is 17.8 Å². The van der Waals surface area contributed by atoms with Crippen molar-refractivity contribution in [3.63, 3.8) is 0 Å². The van der Waals surface area contributed by atoms with Crippen LogP contribution in [0.25, 0.3) is 5.57 Å². The minimum Gasteiger partial charge on any atom is -0.396 e. The molecule has 1 amide bonds. The second kappa shape index (κ2) is 6.60. The van der Waals surface area contributed by atoms with Gasteiger partial charge in [-0.2, -0.15) is 0 Å². The Morgan fingerprint density at radius 2 is 2.19 bits per heavy atom. The minimum absolute atomic E-state index is 0.00410. The summed E-state index contributed by atoms with van der Waals surface area (Å²) >= 11 is 0. The molecule has 5 rings (SSSR count). The number of rotatable bonds is 5. The number of nitrogens with one attached hydrogen (secondary N) is 2. The van der Waals surface area contributed by atoms with Gasteiger partial charge in [-0.25, -0.2) is 0 Å². The fourth-order valence-electron chi connectivity index (χ4n) is 5.09. The third-order valence-electron chi connectivity index (χ3n) is 6.80. The van der Waals surface area contributed by atoms with Gasteiger partial charge in [-0.3, -0.25) is 9.59 Å². The van der Waals surface area contributed by atoms with E-state index in [2.05, 4.69) is 16.7 Å². The van der Waals surface area contributed by atoms with Crippen LogP contribution in [0.5, 0.6) is 0 Å². The zero-order chi connectivity index (χ0) is 18.5. The van der Waals surface area contributed by atoms with Crippen molar-refractivity contribution in [2.75, 3.05) is 13.2 Å². The monoisotopic (exact) mass is 369 g/mol. The van der Waals surface area contributed by atoms with E-state index >= 15 is 0 Å². The summed E-state index contributed by atoms with van der Waals surface area (Å²) < 4.78 is 1.84.